The Hall–Kier alpha value is -1.26. The van der Waals surface area contributed by atoms with Gasteiger partial charge in [0.2, 0.25) is 0 Å². The Morgan fingerprint density at radius 3 is 2.36 bits per heavy atom. The molecule has 4 nitrogen and oxygen atoms in total. The Bertz CT molecular complexity index is 515. The average Bonchev–Trinajstić information content (AvgIpc) is 3.41. The Kier molecular flexibility index (Phi) is 3.97. The number of benzene rings is 1. The maximum Gasteiger partial charge on any atom is 0.0594 e. The third-order valence-electron chi connectivity index (χ3n) is 5.48. The van der Waals surface area contributed by atoms with Crippen molar-refractivity contribution in [1.29, 1.82) is 0 Å². The van der Waals surface area contributed by atoms with Gasteiger partial charge in [-0.3, -0.25) is 4.90 Å². The van der Waals surface area contributed by atoms with Crippen LogP contribution >= 0.6 is 0 Å². The molecule has 2 N–H and O–H groups in total. The number of anilines is 2. The lowest BCUT2D eigenvalue weighted by Gasteiger charge is -2.41. The summed E-state index contributed by atoms with van der Waals surface area (Å²) in [4.78, 5) is 5.17. The minimum absolute atomic E-state index is 0.728. The van der Waals surface area contributed by atoms with E-state index in [9.17, 15) is 0 Å². The fourth-order valence-electron chi connectivity index (χ4n) is 3.94. The normalized spacial score (nSPS) is 24.6. The van der Waals surface area contributed by atoms with Gasteiger partial charge in [-0.05, 0) is 55.4 Å². The zero-order chi connectivity index (χ0) is 14.9. The van der Waals surface area contributed by atoms with Crippen LogP contribution in [0.2, 0.25) is 0 Å². The smallest absolute Gasteiger partial charge is 0.0594 e. The van der Waals surface area contributed by atoms with Crippen LogP contribution in [0.5, 0.6) is 0 Å². The predicted octanol–water partition coefficient (Wildman–Crippen LogP) is 2.45. The molecule has 2 aliphatic heterocycles. The first-order valence-corrected chi connectivity index (χ1v) is 8.77. The molecule has 22 heavy (non-hydrogen) atoms. The maximum absolute atomic E-state index is 6.14. The summed E-state index contributed by atoms with van der Waals surface area (Å²) in [5, 5.41) is 0. The second-order valence-corrected chi connectivity index (χ2v) is 6.95. The molecule has 0 atom stereocenters. The number of nitrogen functional groups attached to an aromatic ring is 1. The van der Waals surface area contributed by atoms with Gasteiger partial charge in [0.1, 0.15) is 0 Å². The van der Waals surface area contributed by atoms with E-state index in [-0.39, 0.29) is 0 Å². The van der Waals surface area contributed by atoms with Crippen LogP contribution in [0, 0.1) is 0 Å². The summed E-state index contributed by atoms with van der Waals surface area (Å²) in [5.74, 6) is 0.728. The Labute approximate surface area is 133 Å². The zero-order valence-electron chi connectivity index (χ0n) is 13.3. The van der Waals surface area contributed by atoms with Gasteiger partial charge in [-0.1, -0.05) is 0 Å². The van der Waals surface area contributed by atoms with Crippen molar-refractivity contribution >= 4 is 11.4 Å². The van der Waals surface area contributed by atoms with Crippen molar-refractivity contribution in [3.05, 3.63) is 23.8 Å². The zero-order valence-corrected chi connectivity index (χ0v) is 13.3. The molecule has 0 unspecified atom stereocenters. The standard InChI is InChI=1S/C18H27N3O/c19-18-4-3-16(13-17(18)14-1-2-14)20-7-5-15(6-8-20)21-9-11-22-12-10-21/h3-4,13-15H,1-2,5-12,19H2. The van der Waals surface area contributed by atoms with E-state index in [0.717, 1.165) is 57.0 Å². The van der Waals surface area contributed by atoms with Crippen LogP contribution in [-0.2, 0) is 4.74 Å². The quantitative estimate of drug-likeness (QED) is 0.871. The number of nitrogens with two attached hydrogens (primary N) is 1. The van der Waals surface area contributed by atoms with Crippen LogP contribution < -0.4 is 10.6 Å². The van der Waals surface area contributed by atoms with Crippen molar-refractivity contribution in [3.63, 3.8) is 0 Å². The molecular formula is C18H27N3O. The van der Waals surface area contributed by atoms with Gasteiger partial charge in [0.25, 0.3) is 0 Å². The van der Waals surface area contributed by atoms with Crippen LogP contribution in [-0.4, -0.2) is 50.3 Å². The van der Waals surface area contributed by atoms with E-state index in [1.54, 1.807) is 0 Å². The number of nitrogens with zero attached hydrogens (tertiary/aromatic N) is 2. The summed E-state index contributed by atoms with van der Waals surface area (Å²) < 4.78 is 5.47. The fraction of sp³-hybridized carbons (Fsp3) is 0.667. The summed E-state index contributed by atoms with van der Waals surface area (Å²) in [6, 6.07) is 7.41. The van der Waals surface area contributed by atoms with Crippen LogP contribution in [0.4, 0.5) is 11.4 Å². The van der Waals surface area contributed by atoms with Crippen LogP contribution in [0.25, 0.3) is 0 Å². The monoisotopic (exact) mass is 301 g/mol. The molecule has 1 saturated carbocycles. The summed E-state index contributed by atoms with van der Waals surface area (Å²) in [6.07, 6.45) is 5.16. The topological polar surface area (TPSA) is 41.7 Å². The van der Waals surface area contributed by atoms with Gasteiger partial charge in [-0.15, -0.1) is 0 Å². The minimum atomic E-state index is 0.728. The highest BCUT2D eigenvalue weighted by atomic mass is 16.5. The number of hydrogen-bond donors (Lipinski definition) is 1. The summed E-state index contributed by atoms with van der Waals surface area (Å²) in [7, 11) is 0. The lowest BCUT2D eigenvalue weighted by atomic mass is 10.0. The van der Waals surface area contributed by atoms with Crippen molar-refractivity contribution < 1.29 is 4.74 Å². The second kappa shape index (κ2) is 6.09. The highest BCUT2D eigenvalue weighted by Gasteiger charge is 2.28. The molecule has 0 radical (unpaired) electrons. The number of rotatable bonds is 3. The van der Waals surface area contributed by atoms with Crippen LogP contribution in [0.1, 0.15) is 37.2 Å². The van der Waals surface area contributed by atoms with Crippen LogP contribution in [0.15, 0.2) is 18.2 Å². The molecule has 1 aromatic carbocycles. The molecular weight excluding hydrogens is 274 g/mol. The maximum atomic E-state index is 6.14. The van der Waals surface area contributed by atoms with E-state index in [0.29, 0.717) is 0 Å². The van der Waals surface area contributed by atoms with Gasteiger partial charge in [0.15, 0.2) is 0 Å². The molecule has 0 amide bonds. The Morgan fingerprint density at radius 2 is 1.68 bits per heavy atom. The lowest BCUT2D eigenvalue weighted by Crippen LogP contribution is -2.49. The average molecular weight is 301 g/mol. The molecule has 0 bridgehead atoms. The van der Waals surface area contributed by atoms with Crippen molar-refractivity contribution in [3.8, 4) is 0 Å². The second-order valence-electron chi connectivity index (χ2n) is 6.95. The molecule has 0 aromatic heterocycles. The first kappa shape index (κ1) is 14.3. The number of ether oxygens (including phenoxy) is 1. The Morgan fingerprint density at radius 1 is 0.955 bits per heavy atom. The van der Waals surface area contributed by atoms with Gasteiger partial charge in [0, 0.05) is 43.6 Å². The number of morpholine rings is 1. The van der Waals surface area contributed by atoms with E-state index in [4.69, 9.17) is 10.5 Å². The summed E-state index contributed by atoms with van der Waals surface area (Å²) >= 11 is 0. The first-order valence-electron chi connectivity index (χ1n) is 8.77. The van der Waals surface area contributed by atoms with Gasteiger partial charge >= 0.3 is 0 Å². The molecule has 4 rings (SSSR count). The molecule has 4 heteroatoms. The van der Waals surface area contributed by atoms with Crippen molar-refractivity contribution in [2.24, 2.45) is 0 Å². The molecule has 1 aromatic rings. The molecule has 3 aliphatic rings. The highest BCUT2D eigenvalue weighted by molar-refractivity contribution is 5.60. The van der Waals surface area contributed by atoms with Gasteiger partial charge < -0.3 is 15.4 Å². The van der Waals surface area contributed by atoms with Gasteiger partial charge in [0.05, 0.1) is 13.2 Å². The SMILES string of the molecule is Nc1ccc(N2CCC(N3CCOCC3)CC2)cc1C1CC1. The molecule has 120 valence electrons. The first-order chi connectivity index (χ1) is 10.8. The number of hydrogen-bond acceptors (Lipinski definition) is 4. The molecule has 3 fully saturated rings. The molecule has 2 saturated heterocycles. The summed E-state index contributed by atoms with van der Waals surface area (Å²) in [6.45, 7) is 6.36. The molecule has 2 heterocycles. The third kappa shape index (κ3) is 2.95. The molecule has 0 spiro atoms. The highest BCUT2D eigenvalue weighted by Crippen LogP contribution is 2.44. The predicted molar refractivity (Wildman–Crippen MR) is 90.5 cm³/mol. The number of piperidine rings is 1. The summed E-state index contributed by atoms with van der Waals surface area (Å²) in [5.41, 5.74) is 9.88. The van der Waals surface area contributed by atoms with Gasteiger partial charge in [-0.25, -0.2) is 0 Å². The van der Waals surface area contributed by atoms with E-state index in [1.165, 1.54) is 36.9 Å². The third-order valence-corrected chi connectivity index (χ3v) is 5.48. The fourth-order valence-corrected chi connectivity index (χ4v) is 3.94. The molecule has 1 aliphatic carbocycles. The lowest BCUT2D eigenvalue weighted by molar-refractivity contribution is 0.0115. The Balaban J connectivity index is 1.39. The van der Waals surface area contributed by atoms with Crippen molar-refractivity contribution in [1.82, 2.24) is 4.90 Å². The van der Waals surface area contributed by atoms with Crippen molar-refractivity contribution in [2.45, 2.75) is 37.6 Å². The largest absolute Gasteiger partial charge is 0.398 e. The minimum Gasteiger partial charge on any atom is -0.398 e. The van der Waals surface area contributed by atoms with E-state index < -0.39 is 0 Å². The van der Waals surface area contributed by atoms with Crippen molar-refractivity contribution in [2.75, 3.05) is 50.0 Å². The van der Waals surface area contributed by atoms with E-state index in [2.05, 4.69) is 28.0 Å². The van der Waals surface area contributed by atoms with Gasteiger partial charge in [-0.2, -0.15) is 0 Å². The van der Waals surface area contributed by atoms with E-state index in [1.807, 2.05) is 0 Å². The van der Waals surface area contributed by atoms with E-state index >= 15 is 0 Å². The van der Waals surface area contributed by atoms with Crippen LogP contribution in [0.3, 0.4) is 0 Å².